The Morgan fingerprint density at radius 2 is 2.12 bits per heavy atom. The lowest BCUT2D eigenvalue weighted by Crippen LogP contribution is -2.40. The van der Waals surface area contributed by atoms with E-state index in [4.69, 9.17) is 4.74 Å². The third-order valence-corrected chi connectivity index (χ3v) is 3.23. The van der Waals surface area contributed by atoms with Crippen LogP contribution in [0.25, 0.3) is 0 Å². The Morgan fingerprint density at radius 3 is 2.71 bits per heavy atom. The average Bonchev–Trinajstić information content (AvgIpc) is 2.67. The predicted octanol–water partition coefficient (Wildman–Crippen LogP) is 0.818. The zero-order valence-corrected chi connectivity index (χ0v) is 10.5. The highest BCUT2D eigenvalue weighted by Crippen LogP contribution is 2.13. The topological polar surface area (TPSA) is 58.2 Å². The fraction of sp³-hybridized carbons (Fsp3) is 0.667. The number of nitrogens with one attached hydrogen (secondary N) is 1. The van der Waals surface area contributed by atoms with Crippen LogP contribution in [0, 0.1) is 13.8 Å². The van der Waals surface area contributed by atoms with Crippen molar-refractivity contribution < 1.29 is 9.53 Å². The van der Waals surface area contributed by atoms with E-state index in [1.165, 1.54) is 5.56 Å². The molecule has 0 atom stereocenters. The van der Waals surface area contributed by atoms with Crippen molar-refractivity contribution in [2.45, 2.75) is 26.7 Å². The number of ether oxygens (including phenoxy) is 1. The van der Waals surface area contributed by atoms with Gasteiger partial charge in [0, 0.05) is 25.2 Å². The number of amides is 1. The molecule has 1 saturated heterocycles. The number of aromatic amines is 1. The second kappa shape index (κ2) is 5.31. The molecule has 2 heterocycles. The first-order chi connectivity index (χ1) is 8.18. The molecule has 5 heteroatoms. The van der Waals surface area contributed by atoms with Gasteiger partial charge in [-0.1, -0.05) is 0 Å². The lowest BCUT2D eigenvalue weighted by molar-refractivity contribution is -0.135. The number of morpholine rings is 1. The molecule has 1 aromatic rings. The van der Waals surface area contributed by atoms with Gasteiger partial charge in [-0.05, 0) is 25.8 Å². The Morgan fingerprint density at radius 1 is 1.41 bits per heavy atom. The molecule has 1 fully saturated rings. The summed E-state index contributed by atoms with van der Waals surface area (Å²) in [7, 11) is 0. The standard InChI is InChI=1S/C12H19N3O2/c1-9-11(10(2)14-13-9)3-4-12(16)15-5-7-17-8-6-15/h3-8H2,1-2H3,(H,13,14). The van der Waals surface area contributed by atoms with Crippen molar-refractivity contribution in [3.63, 3.8) is 0 Å². The zero-order valence-electron chi connectivity index (χ0n) is 10.5. The summed E-state index contributed by atoms with van der Waals surface area (Å²) in [5.41, 5.74) is 3.24. The predicted molar refractivity (Wildman–Crippen MR) is 63.8 cm³/mol. The Labute approximate surface area is 101 Å². The quantitative estimate of drug-likeness (QED) is 0.846. The number of hydrogen-bond donors (Lipinski definition) is 1. The van der Waals surface area contributed by atoms with Gasteiger partial charge in [0.05, 0.1) is 18.9 Å². The third-order valence-electron chi connectivity index (χ3n) is 3.23. The van der Waals surface area contributed by atoms with Crippen LogP contribution in [0.3, 0.4) is 0 Å². The van der Waals surface area contributed by atoms with Crippen LogP contribution < -0.4 is 0 Å². The summed E-state index contributed by atoms with van der Waals surface area (Å²) in [5.74, 6) is 0.216. The van der Waals surface area contributed by atoms with E-state index in [1.807, 2.05) is 18.7 Å². The summed E-state index contributed by atoms with van der Waals surface area (Å²) in [6, 6.07) is 0. The molecule has 94 valence electrons. The number of H-pyrrole nitrogens is 1. The van der Waals surface area contributed by atoms with Crippen LogP contribution in [0.4, 0.5) is 0 Å². The smallest absolute Gasteiger partial charge is 0.223 e. The van der Waals surface area contributed by atoms with Crippen molar-refractivity contribution in [3.05, 3.63) is 17.0 Å². The highest BCUT2D eigenvalue weighted by molar-refractivity contribution is 5.76. The average molecular weight is 237 g/mol. The normalized spacial score (nSPS) is 16.2. The molecule has 17 heavy (non-hydrogen) atoms. The van der Waals surface area contributed by atoms with Crippen molar-refractivity contribution in [2.75, 3.05) is 26.3 Å². The summed E-state index contributed by atoms with van der Waals surface area (Å²) in [6.07, 6.45) is 1.32. The fourth-order valence-electron chi connectivity index (χ4n) is 2.15. The molecule has 0 radical (unpaired) electrons. The molecule has 0 aliphatic carbocycles. The molecule has 1 amide bonds. The van der Waals surface area contributed by atoms with E-state index in [0.717, 1.165) is 30.9 Å². The molecule has 0 unspecified atom stereocenters. The second-order valence-corrected chi connectivity index (χ2v) is 4.41. The molecule has 0 aromatic carbocycles. The molecule has 1 N–H and O–H groups in total. The van der Waals surface area contributed by atoms with Gasteiger partial charge in [-0.15, -0.1) is 0 Å². The molecule has 0 spiro atoms. The second-order valence-electron chi connectivity index (χ2n) is 4.41. The minimum atomic E-state index is 0.216. The van der Waals surface area contributed by atoms with E-state index in [9.17, 15) is 4.79 Å². The van der Waals surface area contributed by atoms with Gasteiger partial charge >= 0.3 is 0 Å². The highest BCUT2D eigenvalue weighted by atomic mass is 16.5. The molecular weight excluding hydrogens is 218 g/mol. The third kappa shape index (κ3) is 2.85. The Hall–Kier alpha value is -1.36. The zero-order chi connectivity index (χ0) is 12.3. The summed E-state index contributed by atoms with van der Waals surface area (Å²) >= 11 is 0. The van der Waals surface area contributed by atoms with Crippen molar-refractivity contribution >= 4 is 5.91 Å². The van der Waals surface area contributed by atoms with Crippen LogP contribution in [-0.2, 0) is 16.0 Å². The van der Waals surface area contributed by atoms with Crippen molar-refractivity contribution in [1.82, 2.24) is 15.1 Å². The van der Waals surface area contributed by atoms with E-state index >= 15 is 0 Å². The van der Waals surface area contributed by atoms with E-state index in [2.05, 4.69) is 10.2 Å². The first-order valence-electron chi connectivity index (χ1n) is 6.04. The molecule has 2 rings (SSSR count). The van der Waals surface area contributed by atoms with Gasteiger partial charge in [0.15, 0.2) is 0 Å². The van der Waals surface area contributed by atoms with E-state index in [1.54, 1.807) is 0 Å². The lowest BCUT2D eigenvalue weighted by atomic mass is 10.1. The largest absolute Gasteiger partial charge is 0.378 e. The van der Waals surface area contributed by atoms with Crippen LogP contribution >= 0.6 is 0 Å². The number of carbonyl (C=O) groups excluding carboxylic acids is 1. The van der Waals surface area contributed by atoms with Gasteiger partial charge in [0.1, 0.15) is 0 Å². The van der Waals surface area contributed by atoms with Gasteiger partial charge in [0.2, 0.25) is 5.91 Å². The molecule has 0 bridgehead atoms. The lowest BCUT2D eigenvalue weighted by Gasteiger charge is -2.26. The fourth-order valence-corrected chi connectivity index (χ4v) is 2.15. The van der Waals surface area contributed by atoms with Crippen LogP contribution in [0.5, 0.6) is 0 Å². The maximum absolute atomic E-state index is 12.0. The van der Waals surface area contributed by atoms with E-state index in [-0.39, 0.29) is 5.91 Å². The van der Waals surface area contributed by atoms with E-state index in [0.29, 0.717) is 19.6 Å². The van der Waals surface area contributed by atoms with Crippen molar-refractivity contribution in [3.8, 4) is 0 Å². The monoisotopic (exact) mass is 237 g/mol. The van der Waals surface area contributed by atoms with Crippen molar-refractivity contribution in [2.24, 2.45) is 0 Å². The van der Waals surface area contributed by atoms with Crippen LogP contribution in [0.15, 0.2) is 0 Å². The maximum Gasteiger partial charge on any atom is 0.223 e. The first-order valence-corrected chi connectivity index (χ1v) is 6.04. The van der Waals surface area contributed by atoms with E-state index < -0.39 is 0 Å². The molecular formula is C12H19N3O2. The Balaban J connectivity index is 1.87. The summed E-state index contributed by atoms with van der Waals surface area (Å²) < 4.78 is 5.23. The van der Waals surface area contributed by atoms with Gasteiger partial charge in [-0.2, -0.15) is 5.10 Å². The molecule has 0 saturated carbocycles. The number of nitrogens with zero attached hydrogens (tertiary/aromatic N) is 2. The van der Waals surface area contributed by atoms with Gasteiger partial charge in [-0.3, -0.25) is 9.89 Å². The SMILES string of the molecule is Cc1n[nH]c(C)c1CCC(=O)N1CCOCC1. The minimum Gasteiger partial charge on any atom is -0.378 e. The summed E-state index contributed by atoms with van der Waals surface area (Å²) in [4.78, 5) is 13.8. The highest BCUT2D eigenvalue weighted by Gasteiger charge is 2.17. The summed E-state index contributed by atoms with van der Waals surface area (Å²) in [5, 5.41) is 7.08. The number of aromatic nitrogens is 2. The number of hydrogen-bond acceptors (Lipinski definition) is 3. The minimum absolute atomic E-state index is 0.216. The van der Waals surface area contributed by atoms with Gasteiger partial charge in [0.25, 0.3) is 0 Å². The molecule has 5 nitrogen and oxygen atoms in total. The van der Waals surface area contributed by atoms with Gasteiger partial charge in [-0.25, -0.2) is 0 Å². The van der Waals surface area contributed by atoms with Crippen LogP contribution in [-0.4, -0.2) is 47.3 Å². The molecule has 1 aliphatic rings. The van der Waals surface area contributed by atoms with Crippen LogP contribution in [0.1, 0.15) is 23.4 Å². The molecule has 1 aliphatic heterocycles. The van der Waals surface area contributed by atoms with Crippen LogP contribution in [0.2, 0.25) is 0 Å². The summed E-state index contributed by atoms with van der Waals surface area (Å²) in [6.45, 7) is 6.74. The Bertz CT molecular complexity index is 375. The maximum atomic E-state index is 12.0. The Kier molecular flexibility index (Phi) is 3.78. The van der Waals surface area contributed by atoms with Gasteiger partial charge < -0.3 is 9.64 Å². The first kappa shape index (κ1) is 12.1. The number of aryl methyl sites for hydroxylation is 2. The number of carbonyl (C=O) groups is 1. The van der Waals surface area contributed by atoms with Crippen molar-refractivity contribution in [1.29, 1.82) is 0 Å². The molecule has 1 aromatic heterocycles. The number of rotatable bonds is 3.